The third-order valence-corrected chi connectivity index (χ3v) is 6.27. The molecule has 4 rings (SSSR count). The molecular weight excluding hydrogens is 344 g/mol. The number of rotatable bonds is 2. The quantitative estimate of drug-likeness (QED) is 0.685. The van der Waals surface area contributed by atoms with Gasteiger partial charge in [0.1, 0.15) is 5.75 Å². The first kappa shape index (κ1) is 11.5. The van der Waals surface area contributed by atoms with Crippen molar-refractivity contribution < 1.29 is 35.6 Å². The Morgan fingerprint density at radius 3 is 2.92 bits per heavy atom. The van der Waals surface area contributed by atoms with E-state index in [0.29, 0.717) is 0 Å². The fourth-order valence-electron chi connectivity index (χ4n) is 4.65. The molecule has 0 aromatic heterocycles. The third-order valence-electron chi connectivity index (χ3n) is 5.89. The molecule has 3 aliphatic rings. The van der Waals surface area contributed by atoms with Crippen molar-refractivity contribution in [2.24, 2.45) is 17.3 Å². The Balaban J connectivity index is 1.87. The molecule has 25 heavy (non-hydrogen) atoms. The summed E-state index contributed by atoms with van der Waals surface area (Å²) >= 11 is 0. The lowest BCUT2D eigenvalue weighted by atomic mass is 9.55. The second-order valence-corrected chi connectivity index (χ2v) is 8.20. The van der Waals surface area contributed by atoms with Gasteiger partial charge in [0.05, 0.1) is 17.6 Å². The zero-order valence-electron chi connectivity index (χ0n) is 19.6. The lowest BCUT2D eigenvalue weighted by Crippen LogP contribution is -2.44. The molecule has 2 saturated carbocycles. The normalized spacial score (nSPS) is 55.3. The highest BCUT2D eigenvalue weighted by Gasteiger charge is 2.57. The van der Waals surface area contributed by atoms with Crippen LogP contribution in [0.15, 0.2) is 18.2 Å². The predicted octanol–water partition coefficient (Wildman–Crippen LogP) is 2.06. The minimum absolute atomic E-state index is 0.0253. The van der Waals surface area contributed by atoms with Crippen LogP contribution in [-0.4, -0.2) is 35.3 Å². The van der Waals surface area contributed by atoms with Crippen LogP contribution in [0.2, 0.25) is 0 Å². The highest BCUT2D eigenvalue weighted by atomic mass is 32.3. The molecule has 0 saturated heterocycles. The molecule has 0 amide bonds. The molecule has 0 radical (unpaired) electrons. The summed E-state index contributed by atoms with van der Waals surface area (Å²) in [4.78, 5) is 0. The molecule has 6 nitrogen and oxygen atoms in total. The summed E-state index contributed by atoms with van der Waals surface area (Å²) < 4.78 is 86.2. The van der Waals surface area contributed by atoms with E-state index in [0.717, 1.165) is 0 Å². The average molecular weight is 374 g/mol. The van der Waals surface area contributed by atoms with Crippen LogP contribution >= 0.6 is 0 Å². The van der Waals surface area contributed by atoms with Gasteiger partial charge in [-0.1, -0.05) is 13.0 Å². The topological polar surface area (TPSA) is 104 Å². The van der Waals surface area contributed by atoms with E-state index >= 15 is 0 Å². The van der Waals surface area contributed by atoms with Crippen molar-refractivity contribution in [3.05, 3.63) is 29.3 Å². The highest BCUT2D eigenvalue weighted by Crippen LogP contribution is 2.60. The maximum Gasteiger partial charge on any atom is 0.446 e. The van der Waals surface area contributed by atoms with Gasteiger partial charge in [0, 0.05) is 2.74 Å². The van der Waals surface area contributed by atoms with Crippen molar-refractivity contribution in [1.82, 2.24) is 0 Å². The molecule has 0 bridgehead atoms. The summed E-state index contributed by atoms with van der Waals surface area (Å²) in [5.41, 5.74) is -0.959. The molecule has 0 spiro atoms. The van der Waals surface area contributed by atoms with Crippen LogP contribution in [0, 0.1) is 17.3 Å². The molecular formula is C18H24O6S. The maximum absolute atomic E-state index is 11.1. The summed E-state index contributed by atoms with van der Waals surface area (Å²) in [5, 5.41) is 21.2. The Morgan fingerprint density at radius 2 is 2.20 bits per heavy atom. The van der Waals surface area contributed by atoms with E-state index in [2.05, 4.69) is 4.18 Å². The van der Waals surface area contributed by atoms with Crippen molar-refractivity contribution in [1.29, 1.82) is 0 Å². The van der Waals surface area contributed by atoms with Crippen molar-refractivity contribution in [2.75, 3.05) is 0 Å². The van der Waals surface area contributed by atoms with E-state index in [-0.39, 0.29) is 36.8 Å². The number of hydrogen-bond acceptors (Lipinski definition) is 5. The van der Waals surface area contributed by atoms with E-state index in [9.17, 15) is 20.0 Å². The van der Waals surface area contributed by atoms with Gasteiger partial charge in [-0.3, -0.25) is 4.55 Å². The lowest BCUT2D eigenvalue weighted by Gasteiger charge is -2.49. The molecule has 7 atom stereocenters. The predicted molar refractivity (Wildman–Crippen MR) is 90.6 cm³/mol. The van der Waals surface area contributed by atoms with Crippen molar-refractivity contribution in [3.8, 4) is 5.75 Å². The summed E-state index contributed by atoms with van der Waals surface area (Å²) in [6.07, 6.45) is -6.00. The number of aliphatic hydroxyl groups is 2. The van der Waals surface area contributed by atoms with Crippen LogP contribution in [0.3, 0.4) is 0 Å². The van der Waals surface area contributed by atoms with Crippen LogP contribution in [0.25, 0.3) is 0 Å². The number of benzene rings is 1. The summed E-state index contributed by atoms with van der Waals surface area (Å²) in [5.74, 6) is -3.40. The Hall–Kier alpha value is -1.15. The maximum atomic E-state index is 11.1. The molecule has 1 aromatic rings. The van der Waals surface area contributed by atoms with Gasteiger partial charge in [-0.2, -0.15) is 8.42 Å². The third kappa shape index (κ3) is 2.77. The van der Waals surface area contributed by atoms with Crippen molar-refractivity contribution in [3.63, 3.8) is 0 Å². The molecule has 3 N–H and O–H groups in total. The Morgan fingerprint density at radius 1 is 1.44 bits per heavy atom. The molecule has 1 unspecified atom stereocenters. The standard InChI is InChI=1S/C18H24O6S/c1-18-7-6-13-12-5-3-11(24-25(21,22)23)8-10(12)2-4-14(13)15(18)9-16(19)17(18)20/h3,5,8,13-17,19-20H,2,4,6-7,9H2,1H3,(H,21,22,23)/t13-,14-,15+,16-,17+,18+/m1/s1/i2D,3D,8D,13D,16D,17D/t2?,13-,14-,15+,16-,17+,18+. The Labute approximate surface area is 156 Å². The summed E-state index contributed by atoms with van der Waals surface area (Å²) in [6.45, 7) is 1.61. The van der Waals surface area contributed by atoms with E-state index in [1.165, 1.54) is 6.07 Å². The minimum Gasteiger partial charge on any atom is -0.390 e. The molecule has 138 valence electrons. The van der Waals surface area contributed by atoms with Crippen molar-refractivity contribution in [2.45, 2.75) is 57.1 Å². The van der Waals surface area contributed by atoms with Gasteiger partial charge < -0.3 is 14.4 Å². The van der Waals surface area contributed by atoms with Gasteiger partial charge in [-0.05, 0) is 78.4 Å². The zero-order valence-corrected chi connectivity index (χ0v) is 14.4. The fourth-order valence-corrected chi connectivity index (χ4v) is 4.95. The van der Waals surface area contributed by atoms with Gasteiger partial charge in [0.15, 0.2) is 0 Å². The summed E-state index contributed by atoms with van der Waals surface area (Å²) in [6, 6.07) is 0.0833. The smallest absolute Gasteiger partial charge is 0.390 e. The van der Waals surface area contributed by atoms with Crippen molar-refractivity contribution >= 4 is 10.4 Å². The molecule has 7 heteroatoms. The van der Waals surface area contributed by atoms with E-state index < -0.39 is 69.9 Å². The molecule has 0 heterocycles. The molecule has 2 fully saturated rings. The van der Waals surface area contributed by atoms with Gasteiger partial charge >= 0.3 is 10.4 Å². The van der Waals surface area contributed by atoms with Gasteiger partial charge in [0.2, 0.25) is 0 Å². The van der Waals surface area contributed by atoms with E-state index in [1.807, 2.05) is 0 Å². The fraction of sp³-hybridized carbons (Fsp3) is 0.667. The van der Waals surface area contributed by atoms with Gasteiger partial charge in [-0.15, -0.1) is 0 Å². The first-order valence-electron chi connectivity index (χ1n) is 11.2. The largest absolute Gasteiger partial charge is 0.446 e. The van der Waals surface area contributed by atoms with E-state index in [4.69, 9.17) is 11.4 Å². The SMILES string of the molecule is [2H]c1cc2c(c([2H])c1OS(=O)(=O)O)C([2H])C[C@H]1[C@@H]3C[C@@]([2H])(O)[C@]([2H])(O)[C@@]3(C)CC[C@]21[2H]. The van der Waals surface area contributed by atoms with Gasteiger partial charge in [-0.25, -0.2) is 0 Å². The second-order valence-electron chi connectivity index (χ2n) is 7.18. The first-order valence-corrected chi connectivity index (χ1v) is 9.51. The molecule has 1 aromatic carbocycles. The van der Waals surface area contributed by atoms with Crippen LogP contribution in [0.5, 0.6) is 5.75 Å². The van der Waals surface area contributed by atoms with Crippen LogP contribution in [0.4, 0.5) is 0 Å². The highest BCUT2D eigenvalue weighted by molar-refractivity contribution is 7.81. The first-order chi connectivity index (χ1) is 14.0. The van der Waals surface area contributed by atoms with Gasteiger partial charge in [0.25, 0.3) is 0 Å². The number of fused-ring (bicyclic) bond motifs is 5. The Bertz CT molecular complexity index is 1060. The van der Waals surface area contributed by atoms with Crippen LogP contribution in [0.1, 0.15) is 57.9 Å². The minimum atomic E-state index is -5.00. The van der Waals surface area contributed by atoms with E-state index in [1.54, 1.807) is 6.92 Å². The van der Waals surface area contributed by atoms with Crippen LogP contribution < -0.4 is 4.18 Å². The number of hydrogen-bond donors (Lipinski definition) is 3. The van der Waals surface area contributed by atoms with Crippen LogP contribution in [-0.2, 0) is 16.8 Å². The zero-order chi connectivity index (χ0) is 23.4. The molecule has 0 aliphatic heterocycles. The lowest BCUT2D eigenvalue weighted by molar-refractivity contribution is -0.0505. The average Bonchev–Trinajstić information content (AvgIpc) is 2.76. The monoisotopic (exact) mass is 374 g/mol. The summed E-state index contributed by atoms with van der Waals surface area (Å²) in [7, 11) is -5.00. The second kappa shape index (κ2) is 5.67. The molecule has 3 aliphatic carbocycles. The Kier molecular flexibility index (Phi) is 2.62.